The lowest BCUT2D eigenvalue weighted by Crippen LogP contribution is -2.69. The molecule has 4 aliphatic rings. The molecule has 0 aromatic heterocycles. The highest BCUT2D eigenvalue weighted by Gasteiger charge is 2.56. The molecule has 0 aliphatic carbocycles. The Morgan fingerprint density at radius 3 is 1.62 bits per heavy atom. The molecule has 4 rings (SSSR count). The van der Waals surface area contributed by atoms with Crippen molar-refractivity contribution in [3.8, 4) is 0 Å². The average Bonchev–Trinajstić information content (AvgIpc) is 3.05. The zero-order valence-corrected chi connectivity index (χ0v) is 25.4. The van der Waals surface area contributed by atoms with E-state index >= 15 is 0 Å². The van der Waals surface area contributed by atoms with Crippen LogP contribution in [0.3, 0.4) is 0 Å². The molecule has 4 fully saturated rings. The number of hydrogen-bond donors (Lipinski definition) is 13. The normalized spacial score (nSPS) is 52.8. The molecule has 0 bridgehead atoms. The van der Waals surface area contributed by atoms with Crippen LogP contribution in [-0.4, -0.2) is 222 Å². The molecule has 21 nitrogen and oxygen atoms in total. The van der Waals surface area contributed by atoms with E-state index in [4.69, 9.17) is 37.9 Å². The minimum atomic E-state index is -2.14. The topological polar surface area (TPSA) is 337 Å². The molecule has 8 unspecified atom stereocenters. The summed E-state index contributed by atoms with van der Waals surface area (Å²) in [6, 6.07) is 0. The van der Waals surface area contributed by atoms with Gasteiger partial charge < -0.3 is 104 Å². The van der Waals surface area contributed by atoms with Crippen LogP contribution in [-0.2, 0) is 37.9 Å². The second-order valence-corrected chi connectivity index (χ2v) is 12.0. The van der Waals surface area contributed by atoms with Crippen molar-refractivity contribution >= 4 is 0 Å². The van der Waals surface area contributed by atoms with Crippen LogP contribution < -0.4 is 0 Å². The summed E-state index contributed by atoms with van der Waals surface area (Å²) in [4.78, 5) is 0. The first-order valence-electron chi connectivity index (χ1n) is 14.9. The summed E-state index contributed by atoms with van der Waals surface area (Å²) in [5, 5.41) is 134. The Balaban J connectivity index is 1.58. The summed E-state index contributed by atoms with van der Waals surface area (Å²) in [6.45, 7) is -1.95. The standard InChI is InChI=1S/C26H46O21/c1-26(39)10(5-29)45-25(17(36)21(26)37)47-20-9(6-41-23-15(34)12(31)18(40-2)7(3-27)43-23)44-24(16(35)13(20)32)46-19-8(4-28)42-22(38)14(33)11(19)30/h7-25,27-39H,3-6H2,1-2H3/t7?,8?,9?,10?,11-,12-,13-,14?,15?,16?,17?,18-,19-,20-,21-,22-,23-,24-,25-,26+/m0/s1. The van der Waals surface area contributed by atoms with Gasteiger partial charge >= 0.3 is 0 Å². The van der Waals surface area contributed by atoms with Gasteiger partial charge in [0.1, 0.15) is 97.2 Å². The zero-order valence-electron chi connectivity index (χ0n) is 25.4. The summed E-state index contributed by atoms with van der Waals surface area (Å²) in [7, 11) is 1.22. The van der Waals surface area contributed by atoms with Crippen LogP contribution in [0.5, 0.6) is 0 Å². The van der Waals surface area contributed by atoms with Crippen LogP contribution in [0.2, 0.25) is 0 Å². The molecular weight excluding hydrogens is 648 g/mol. The largest absolute Gasteiger partial charge is 0.394 e. The third-order valence-electron chi connectivity index (χ3n) is 8.90. The third kappa shape index (κ3) is 7.75. The van der Waals surface area contributed by atoms with E-state index < -0.39 is 149 Å². The molecular formula is C26H46O21. The van der Waals surface area contributed by atoms with Gasteiger partial charge in [0.2, 0.25) is 0 Å². The second-order valence-electron chi connectivity index (χ2n) is 12.0. The van der Waals surface area contributed by atoms with Crippen molar-refractivity contribution in [3.63, 3.8) is 0 Å². The van der Waals surface area contributed by atoms with Gasteiger partial charge in [0.05, 0.1) is 26.4 Å². The predicted octanol–water partition coefficient (Wildman–Crippen LogP) is -8.70. The van der Waals surface area contributed by atoms with Crippen LogP contribution >= 0.6 is 0 Å². The van der Waals surface area contributed by atoms with Gasteiger partial charge in [0, 0.05) is 7.11 Å². The summed E-state index contributed by atoms with van der Waals surface area (Å²) in [5.74, 6) is 0. The van der Waals surface area contributed by atoms with Crippen molar-refractivity contribution in [2.45, 2.75) is 129 Å². The van der Waals surface area contributed by atoms with Crippen LogP contribution in [0.25, 0.3) is 0 Å². The molecule has 21 heteroatoms. The first kappa shape index (κ1) is 39.0. The lowest BCUT2D eigenvalue weighted by Gasteiger charge is -2.50. The summed E-state index contributed by atoms with van der Waals surface area (Å²) in [6.07, 6.45) is -32.7. The molecule has 47 heavy (non-hydrogen) atoms. The number of aliphatic hydroxyl groups is 13. The molecule has 0 saturated carbocycles. The van der Waals surface area contributed by atoms with Crippen molar-refractivity contribution in [1.82, 2.24) is 0 Å². The maximum absolute atomic E-state index is 11.2. The van der Waals surface area contributed by atoms with Gasteiger partial charge in [-0.2, -0.15) is 0 Å². The van der Waals surface area contributed by atoms with Gasteiger partial charge in [-0.15, -0.1) is 0 Å². The summed E-state index contributed by atoms with van der Waals surface area (Å²) >= 11 is 0. The van der Waals surface area contributed by atoms with Gasteiger partial charge in [-0.05, 0) is 6.92 Å². The third-order valence-corrected chi connectivity index (χ3v) is 8.90. The van der Waals surface area contributed by atoms with E-state index in [2.05, 4.69) is 0 Å². The minimum Gasteiger partial charge on any atom is -0.394 e. The molecule has 4 aliphatic heterocycles. The van der Waals surface area contributed by atoms with Gasteiger partial charge in [0.25, 0.3) is 0 Å². The van der Waals surface area contributed by atoms with Crippen LogP contribution in [0.1, 0.15) is 6.92 Å². The molecule has 20 atom stereocenters. The Hall–Kier alpha value is -0.840. The van der Waals surface area contributed by atoms with Crippen LogP contribution in [0.15, 0.2) is 0 Å². The molecule has 4 heterocycles. The van der Waals surface area contributed by atoms with E-state index in [0.29, 0.717) is 0 Å². The Bertz CT molecular complexity index is 969. The lowest BCUT2D eigenvalue weighted by atomic mass is 9.86. The molecule has 0 aromatic carbocycles. The molecule has 0 spiro atoms. The molecule has 276 valence electrons. The summed E-state index contributed by atoms with van der Waals surface area (Å²) in [5.41, 5.74) is -2.14. The van der Waals surface area contributed by atoms with Gasteiger partial charge in [-0.1, -0.05) is 0 Å². The maximum atomic E-state index is 11.2. The average molecular weight is 695 g/mol. The van der Waals surface area contributed by atoms with Gasteiger partial charge in [0.15, 0.2) is 25.2 Å². The first-order chi connectivity index (χ1) is 22.1. The van der Waals surface area contributed by atoms with Crippen molar-refractivity contribution in [2.24, 2.45) is 0 Å². The fourth-order valence-electron chi connectivity index (χ4n) is 5.94. The first-order valence-corrected chi connectivity index (χ1v) is 14.9. The smallest absolute Gasteiger partial charge is 0.187 e. The summed E-state index contributed by atoms with van der Waals surface area (Å²) < 4.78 is 43.8. The van der Waals surface area contributed by atoms with Crippen molar-refractivity contribution < 1.29 is 104 Å². The van der Waals surface area contributed by atoms with Gasteiger partial charge in [-0.3, -0.25) is 0 Å². The van der Waals surface area contributed by atoms with Crippen molar-refractivity contribution in [2.75, 3.05) is 33.5 Å². The van der Waals surface area contributed by atoms with Gasteiger partial charge in [-0.25, -0.2) is 0 Å². The highest BCUT2D eigenvalue weighted by Crippen LogP contribution is 2.35. The second kappa shape index (κ2) is 16.0. The quantitative estimate of drug-likeness (QED) is 0.0954. The van der Waals surface area contributed by atoms with E-state index in [1.165, 1.54) is 7.11 Å². The number of aliphatic hydroxyl groups excluding tert-OH is 12. The lowest BCUT2D eigenvalue weighted by molar-refractivity contribution is -0.388. The Morgan fingerprint density at radius 1 is 0.553 bits per heavy atom. The Morgan fingerprint density at radius 2 is 1.04 bits per heavy atom. The molecule has 13 N–H and O–H groups in total. The van der Waals surface area contributed by atoms with E-state index in [1.807, 2.05) is 0 Å². The SMILES string of the molecule is CO[C@H]1C(CO)O[C@H](OCC2O[C@@H](O[C@H]3C(CO)O[C@H](O)C(O)[C@@H]3O)C(O)[C@H](O)[C@H]2O[C@@H]2OC(CO)[C@@](C)(O)[C@@H](O)C2O)C(O)[C@@H]1O. The zero-order chi connectivity index (χ0) is 35.0. The van der Waals surface area contributed by atoms with E-state index in [0.717, 1.165) is 6.92 Å². The number of methoxy groups -OCH3 is 1. The number of rotatable bonds is 11. The maximum Gasteiger partial charge on any atom is 0.187 e. The Labute approximate surface area is 267 Å². The monoisotopic (exact) mass is 694 g/mol. The molecule has 0 amide bonds. The Kier molecular flexibility index (Phi) is 13.3. The number of ether oxygens (including phenoxy) is 8. The highest BCUT2D eigenvalue weighted by atomic mass is 16.8. The predicted molar refractivity (Wildman–Crippen MR) is 143 cm³/mol. The minimum absolute atomic E-state index is 0.651. The fourth-order valence-corrected chi connectivity index (χ4v) is 5.94. The van der Waals surface area contributed by atoms with Crippen LogP contribution in [0, 0.1) is 0 Å². The highest BCUT2D eigenvalue weighted by molar-refractivity contribution is 5.01. The molecule has 4 saturated heterocycles. The molecule has 0 radical (unpaired) electrons. The van der Waals surface area contributed by atoms with E-state index in [-0.39, 0.29) is 0 Å². The number of hydrogen-bond acceptors (Lipinski definition) is 21. The van der Waals surface area contributed by atoms with E-state index in [9.17, 15) is 66.4 Å². The fraction of sp³-hybridized carbons (Fsp3) is 1.00. The van der Waals surface area contributed by atoms with E-state index in [1.54, 1.807) is 0 Å². The van der Waals surface area contributed by atoms with Crippen molar-refractivity contribution in [1.29, 1.82) is 0 Å². The molecule has 0 aromatic rings. The van der Waals surface area contributed by atoms with Crippen molar-refractivity contribution in [3.05, 3.63) is 0 Å². The van der Waals surface area contributed by atoms with Crippen LogP contribution in [0.4, 0.5) is 0 Å².